The van der Waals surface area contributed by atoms with E-state index in [1.54, 1.807) is 0 Å². The number of aromatic nitrogens is 4. The average molecular weight is 449 g/mol. The summed E-state index contributed by atoms with van der Waals surface area (Å²) in [4.78, 5) is 0. The Labute approximate surface area is 193 Å². The molecule has 2 aromatic heterocycles. The number of fused-ring (bicyclic) bond motifs is 1. The van der Waals surface area contributed by atoms with Crippen LogP contribution in [-0.4, -0.2) is 34.7 Å². The van der Waals surface area contributed by atoms with Gasteiger partial charge in [-0.25, -0.2) is 4.68 Å². The van der Waals surface area contributed by atoms with E-state index in [-0.39, 0.29) is 6.23 Å². The second-order valence-corrected chi connectivity index (χ2v) is 15.6. The number of rotatable bonds is 5. The van der Waals surface area contributed by atoms with Crippen LogP contribution >= 0.6 is 0 Å². The molecule has 1 fully saturated rings. The summed E-state index contributed by atoms with van der Waals surface area (Å²) in [7, 11) is -1.85. The lowest BCUT2D eigenvalue weighted by Gasteiger charge is -2.38. The molecule has 32 heavy (non-hydrogen) atoms. The van der Waals surface area contributed by atoms with Crippen LogP contribution in [0.4, 0.5) is 0 Å². The normalized spacial score (nSPS) is 17.3. The summed E-state index contributed by atoms with van der Waals surface area (Å²) >= 11 is 0. The highest BCUT2D eigenvalue weighted by molar-refractivity contribution is 6.90. The van der Waals surface area contributed by atoms with Crippen molar-refractivity contribution in [2.75, 3.05) is 6.61 Å². The van der Waals surface area contributed by atoms with Crippen LogP contribution in [0.1, 0.15) is 72.7 Å². The number of H-pyrrole nitrogens is 1. The largest absolute Gasteiger partial charge is 0.356 e. The van der Waals surface area contributed by atoms with Gasteiger partial charge in [-0.3, -0.25) is 5.10 Å². The second kappa shape index (κ2) is 9.25. The van der Waals surface area contributed by atoms with E-state index in [0.717, 1.165) is 47.2 Å². The van der Waals surface area contributed by atoms with E-state index in [1.165, 1.54) is 6.42 Å². The zero-order valence-corrected chi connectivity index (χ0v) is 21.3. The molecule has 3 heterocycles. The van der Waals surface area contributed by atoms with Crippen LogP contribution in [-0.2, 0) is 4.74 Å². The van der Waals surface area contributed by atoms with Crippen LogP contribution in [0.3, 0.4) is 0 Å². The first-order valence-corrected chi connectivity index (χ1v) is 14.2. The molecule has 1 aliphatic rings. The highest BCUT2D eigenvalue weighted by atomic mass is 28.3. The quantitative estimate of drug-likeness (QED) is 0.349. The smallest absolute Gasteiger partial charge is 0.150 e. The van der Waals surface area contributed by atoms with Gasteiger partial charge in [0.05, 0.1) is 11.7 Å². The van der Waals surface area contributed by atoms with Gasteiger partial charge in [0.1, 0.15) is 13.8 Å². The maximum Gasteiger partial charge on any atom is 0.150 e. The van der Waals surface area contributed by atoms with E-state index < -0.39 is 8.07 Å². The molecule has 0 radical (unpaired) electrons. The molecule has 170 valence electrons. The van der Waals surface area contributed by atoms with Crippen molar-refractivity contribution in [3.8, 4) is 22.6 Å². The molecule has 5 nitrogen and oxygen atoms in total. The summed E-state index contributed by atoms with van der Waals surface area (Å²) in [5, 5.41) is 13.2. The Morgan fingerprint density at radius 3 is 2.41 bits per heavy atom. The highest BCUT2D eigenvalue weighted by Crippen LogP contribution is 2.41. The summed E-state index contributed by atoms with van der Waals surface area (Å²) in [5.41, 5.74) is 9.80. The van der Waals surface area contributed by atoms with Gasteiger partial charge in [0.15, 0.2) is 6.23 Å². The first kappa shape index (κ1) is 22.8. The fourth-order valence-corrected chi connectivity index (χ4v) is 10.8. The Kier molecular flexibility index (Phi) is 6.59. The summed E-state index contributed by atoms with van der Waals surface area (Å²) in [6.07, 6.45) is 7.06. The fraction of sp³-hybridized carbons (Fsp3) is 0.538. The SMILES string of the molecule is CC(C)[Si](C#Cc1nn(C2CCCCO2)c2ccc(-c3cn[nH]c3)cc12)(C(C)C)C(C)C. The van der Waals surface area contributed by atoms with Crippen molar-refractivity contribution in [1.82, 2.24) is 20.0 Å². The van der Waals surface area contributed by atoms with Crippen molar-refractivity contribution >= 4 is 19.0 Å². The van der Waals surface area contributed by atoms with E-state index in [2.05, 4.69) is 86.1 Å². The predicted molar refractivity (Wildman–Crippen MR) is 134 cm³/mol. The van der Waals surface area contributed by atoms with Gasteiger partial charge in [-0.2, -0.15) is 10.2 Å². The van der Waals surface area contributed by atoms with Crippen molar-refractivity contribution in [3.05, 3.63) is 36.3 Å². The van der Waals surface area contributed by atoms with Crippen molar-refractivity contribution in [2.45, 2.75) is 83.7 Å². The third-order valence-corrected chi connectivity index (χ3v) is 13.5. The number of hydrogen-bond donors (Lipinski definition) is 1. The third-order valence-electron chi connectivity index (χ3n) is 7.23. The molecule has 3 aromatic rings. The van der Waals surface area contributed by atoms with Gasteiger partial charge in [0, 0.05) is 23.8 Å². The number of ether oxygens (including phenoxy) is 1. The standard InChI is InChI=1S/C26H36N4OSi/c1-18(2)32(19(3)4,20(5)6)14-12-24-23-15-21(22-16-27-28-17-22)10-11-25(23)30(29-24)26-9-7-8-13-31-26/h10-11,15-20,26H,7-9,13H2,1-6H3,(H,27,28). The molecule has 0 bridgehead atoms. The molecule has 1 N–H and O–H groups in total. The summed E-state index contributed by atoms with van der Waals surface area (Å²) in [5.74, 6) is 3.61. The van der Waals surface area contributed by atoms with Crippen molar-refractivity contribution in [2.24, 2.45) is 0 Å². The number of hydrogen-bond acceptors (Lipinski definition) is 3. The minimum atomic E-state index is -1.85. The third kappa shape index (κ3) is 4.04. The van der Waals surface area contributed by atoms with E-state index in [1.807, 2.05) is 12.4 Å². The number of aromatic amines is 1. The fourth-order valence-electron chi connectivity index (χ4n) is 5.56. The molecular weight excluding hydrogens is 412 g/mol. The number of nitrogens with zero attached hydrogens (tertiary/aromatic N) is 3. The predicted octanol–water partition coefficient (Wildman–Crippen LogP) is 6.70. The molecule has 1 aromatic carbocycles. The lowest BCUT2D eigenvalue weighted by Crippen LogP contribution is -2.43. The van der Waals surface area contributed by atoms with Gasteiger partial charge >= 0.3 is 0 Å². The lowest BCUT2D eigenvalue weighted by atomic mass is 10.1. The second-order valence-electron chi connectivity index (χ2n) is 9.98. The average Bonchev–Trinajstić information content (AvgIpc) is 3.42. The van der Waals surface area contributed by atoms with Crippen LogP contribution in [0.2, 0.25) is 16.6 Å². The molecule has 4 rings (SSSR count). The zero-order valence-electron chi connectivity index (χ0n) is 20.3. The molecule has 0 saturated carbocycles. The minimum Gasteiger partial charge on any atom is -0.356 e. The monoisotopic (exact) mass is 448 g/mol. The first-order chi connectivity index (χ1) is 15.3. The molecule has 0 amide bonds. The van der Waals surface area contributed by atoms with Crippen molar-refractivity contribution in [1.29, 1.82) is 0 Å². The van der Waals surface area contributed by atoms with Gasteiger partial charge < -0.3 is 4.74 Å². The van der Waals surface area contributed by atoms with Crippen LogP contribution in [0.5, 0.6) is 0 Å². The van der Waals surface area contributed by atoms with E-state index in [9.17, 15) is 0 Å². The van der Waals surface area contributed by atoms with Crippen molar-refractivity contribution in [3.63, 3.8) is 0 Å². The Morgan fingerprint density at radius 2 is 1.81 bits per heavy atom. The van der Waals surface area contributed by atoms with Gasteiger partial charge in [0.25, 0.3) is 0 Å². The molecule has 1 atom stereocenters. The first-order valence-electron chi connectivity index (χ1n) is 12.0. The molecule has 1 saturated heterocycles. The maximum atomic E-state index is 6.09. The van der Waals surface area contributed by atoms with Crippen LogP contribution in [0, 0.1) is 11.5 Å². The van der Waals surface area contributed by atoms with E-state index in [4.69, 9.17) is 9.84 Å². The minimum absolute atomic E-state index is 0.0103. The van der Waals surface area contributed by atoms with Crippen LogP contribution in [0.25, 0.3) is 22.0 Å². The topological polar surface area (TPSA) is 55.7 Å². The van der Waals surface area contributed by atoms with Gasteiger partial charge in [0.2, 0.25) is 0 Å². The highest BCUT2D eigenvalue weighted by Gasteiger charge is 2.41. The van der Waals surface area contributed by atoms with Crippen molar-refractivity contribution < 1.29 is 4.74 Å². The Balaban J connectivity index is 1.88. The molecule has 1 unspecified atom stereocenters. The Hall–Kier alpha value is -2.36. The Bertz CT molecular complexity index is 1090. The molecule has 6 heteroatoms. The molecule has 0 spiro atoms. The molecule has 0 aliphatic carbocycles. The molecular formula is C26H36N4OSi. The summed E-state index contributed by atoms with van der Waals surface area (Å²) in [6.45, 7) is 14.9. The number of benzene rings is 1. The van der Waals surface area contributed by atoms with Gasteiger partial charge in [-0.15, -0.1) is 5.54 Å². The van der Waals surface area contributed by atoms with E-state index in [0.29, 0.717) is 16.6 Å². The van der Waals surface area contributed by atoms with Gasteiger partial charge in [-0.1, -0.05) is 53.5 Å². The lowest BCUT2D eigenvalue weighted by molar-refractivity contribution is -0.0367. The summed E-state index contributed by atoms with van der Waals surface area (Å²) in [6, 6.07) is 6.51. The summed E-state index contributed by atoms with van der Waals surface area (Å²) < 4.78 is 8.16. The molecule has 1 aliphatic heterocycles. The van der Waals surface area contributed by atoms with E-state index >= 15 is 0 Å². The maximum absolute atomic E-state index is 6.09. The zero-order chi connectivity index (χ0) is 22.9. The van der Waals surface area contributed by atoms with Crippen LogP contribution < -0.4 is 0 Å². The van der Waals surface area contributed by atoms with Gasteiger partial charge in [-0.05, 0) is 53.6 Å². The Morgan fingerprint density at radius 1 is 1.06 bits per heavy atom. The number of nitrogens with one attached hydrogen (secondary N) is 1. The van der Waals surface area contributed by atoms with Crippen LogP contribution in [0.15, 0.2) is 30.6 Å².